The molecule has 12 unspecified atom stereocenters. The number of nitro benzene ring substituents is 1. The number of aliphatic hydroxyl groups is 8. The van der Waals surface area contributed by atoms with Crippen molar-refractivity contribution in [3.63, 3.8) is 0 Å². The quantitative estimate of drug-likeness (QED) is 0.0231. The van der Waals surface area contributed by atoms with Crippen LogP contribution in [-0.4, -0.2) is 162 Å². The summed E-state index contributed by atoms with van der Waals surface area (Å²) in [4.78, 5) is 23.9. The highest BCUT2D eigenvalue weighted by atomic mass is 16.7. The van der Waals surface area contributed by atoms with Gasteiger partial charge in [0.15, 0.2) is 18.1 Å². The van der Waals surface area contributed by atoms with Gasteiger partial charge < -0.3 is 70.4 Å². The number of non-ortho nitro benzene ring substituents is 1. The molecule has 0 radical (unpaired) electrons. The number of fused-ring (bicyclic) bond motifs is 1. The maximum atomic E-state index is 13.2. The Bertz CT molecular complexity index is 1650. The van der Waals surface area contributed by atoms with Gasteiger partial charge in [0, 0.05) is 19.0 Å². The molecule has 0 bridgehead atoms. The van der Waals surface area contributed by atoms with Crippen molar-refractivity contribution in [2.75, 3.05) is 31.7 Å². The van der Waals surface area contributed by atoms with E-state index in [9.17, 15) is 55.8 Å². The number of aliphatic hydroxyl groups excluding tert-OH is 8. The van der Waals surface area contributed by atoms with Gasteiger partial charge in [0.2, 0.25) is 11.4 Å². The molecule has 4 rings (SSSR count). The molecular weight excluding hydrogens is 830 g/mol. The lowest BCUT2D eigenvalue weighted by atomic mass is 9.97. The lowest BCUT2D eigenvalue weighted by Gasteiger charge is -2.46. The summed E-state index contributed by atoms with van der Waals surface area (Å²) in [5.41, 5.74) is 0.561. The smallest absolute Gasteiger partial charge is 0.300 e. The van der Waals surface area contributed by atoms with Crippen molar-refractivity contribution in [2.45, 2.75) is 183 Å². The lowest BCUT2D eigenvalue weighted by Crippen LogP contribution is -2.65. The zero-order valence-corrected chi connectivity index (χ0v) is 36.1. The number of benzene rings is 1. The van der Waals surface area contributed by atoms with Crippen molar-refractivity contribution < 1.29 is 74.1 Å². The van der Waals surface area contributed by atoms with Crippen LogP contribution in [0, 0.1) is 10.1 Å². The summed E-state index contributed by atoms with van der Waals surface area (Å²) in [5, 5.41) is 108. The molecule has 0 spiro atoms. The minimum absolute atomic E-state index is 0.0327. The van der Waals surface area contributed by atoms with E-state index in [1.54, 1.807) is 6.08 Å². The highest BCUT2D eigenvalue weighted by molar-refractivity contribution is 5.93. The maximum absolute atomic E-state index is 13.2. The van der Waals surface area contributed by atoms with Crippen LogP contribution in [-0.2, 0) is 23.7 Å². The van der Waals surface area contributed by atoms with E-state index in [1.807, 2.05) is 6.08 Å². The SMILES string of the molecule is CCCCCCCCCCCCCC=CC(O)C(COC1OC(CO)C(OC2OC(CO)C(O)C(O)C2O)C(O)C1O)NC(=O)CCCCCNc1ccc([N+](=O)[O-])c2nonc12. The summed E-state index contributed by atoms with van der Waals surface area (Å²) in [6.07, 6.45) is 1.67. The number of ether oxygens (including phenoxy) is 4. The third kappa shape index (κ3) is 15.9. The second-order valence-electron chi connectivity index (χ2n) is 16.3. The zero-order chi connectivity index (χ0) is 45.7. The molecule has 1 aromatic carbocycles. The molecule has 358 valence electrons. The zero-order valence-electron chi connectivity index (χ0n) is 36.1. The molecule has 2 aliphatic heterocycles. The molecule has 2 saturated heterocycles. The van der Waals surface area contributed by atoms with Gasteiger partial charge in [-0.2, -0.15) is 0 Å². The van der Waals surface area contributed by atoms with E-state index in [0.717, 1.165) is 19.3 Å². The predicted octanol–water partition coefficient (Wildman–Crippen LogP) is 1.85. The maximum Gasteiger partial charge on any atom is 0.300 e. The molecule has 63 heavy (non-hydrogen) atoms. The number of hydrogen-bond donors (Lipinski definition) is 10. The van der Waals surface area contributed by atoms with Gasteiger partial charge in [-0.1, -0.05) is 89.7 Å². The number of aromatic nitrogens is 2. The number of rotatable bonds is 30. The Kier molecular flexibility index (Phi) is 23.0. The minimum atomic E-state index is -1.82. The van der Waals surface area contributed by atoms with Crippen LogP contribution in [0.25, 0.3) is 11.0 Å². The number of anilines is 1. The lowest BCUT2D eigenvalue weighted by molar-refractivity contribution is -0.383. The summed E-state index contributed by atoms with van der Waals surface area (Å²) < 4.78 is 27.2. The standard InChI is InChI=1S/C42H69N5O16/c1-2-3-4-5-6-7-8-9-10-11-12-13-15-18-29(50)27(44-32(51)19-16-14-17-22-43-26-20-21-28(47(57)58)34-33(26)45-63-46-34)25-59-41-39(56)37(54)40(31(24-49)61-41)62-42-38(55)36(53)35(52)30(23-48)60-42/h15,18,20-21,27,29-31,35-43,48-50,52-56H,2-14,16-17,19,22-25H2,1H3,(H,44,51). The Balaban J connectivity index is 1.28. The fraction of sp³-hybridized carbons (Fsp3) is 0.786. The van der Waals surface area contributed by atoms with Crippen molar-refractivity contribution in [1.82, 2.24) is 15.6 Å². The number of amides is 1. The number of nitrogens with zero attached hydrogens (tertiary/aromatic N) is 3. The Morgan fingerprint density at radius 2 is 1.43 bits per heavy atom. The van der Waals surface area contributed by atoms with Gasteiger partial charge in [-0.3, -0.25) is 14.9 Å². The molecule has 10 N–H and O–H groups in total. The summed E-state index contributed by atoms with van der Waals surface area (Å²) in [6, 6.07) is 1.82. The first kappa shape index (κ1) is 52.2. The number of allylic oxidation sites excluding steroid dienone is 1. The van der Waals surface area contributed by atoms with Crippen molar-refractivity contribution >= 4 is 28.3 Å². The average molecular weight is 900 g/mol. The second-order valence-corrected chi connectivity index (χ2v) is 16.3. The first-order chi connectivity index (χ1) is 30.4. The number of hydrogen-bond acceptors (Lipinski definition) is 19. The predicted molar refractivity (Wildman–Crippen MR) is 226 cm³/mol. The normalized spacial score (nSPS) is 27.4. The second kappa shape index (κ2) is 27.8. The van der Waals surface area contributed by atoms with Crippen molar-refractivity contribution in [3.05, 3.63) is 34.4 Å². The molecule has 21 nitrogen and oxygen atoms in total. The molecule has 2 fully saturated rings. The fourth-order valence-corrected chi connectivity index (χ4v) is 7.65. The van der Waals surface area contributed by atoms with Crippen molar-refractivity contribution in [1.29, 1.82) is 0 Å². The molecule has 2 aromatic rings. The minimum Gasteiger partial charge on any atom is -0.394 e. The van der Waals surface area contributed by atoms with Crippen LogP contribution in [0.5, 0.6) is 0 Å². The third-order valence-electron chi connectivity index (χ3n) is 11.5. The Labute approximate surface area is 366 Å². The van der Waals surface area contributed by atoms with Gasteiger partial charge in [0.1, 0.15) is 48.8 Å². The Morgan fingerprint density at radius 1 is 0.810 bits per heavy atom. The van der Waals surface area contributed by atoms with Gasteiger partial charge in [0.25, 0.3) is 0 Å². The Hall–Kier alpha value is -3.45. The molecule has 3 heterocycles. The topological polar surface area (TPSA) is 322 Å². The van der Waals surface area contributed by atoms with Crippen LogP contribution >= 0.6 is 0 Å². The molecule has 0 aliphatic carbocycles. The molecule has 1 amide bonds. The monoisotopic (exact) mass is 899 g/mol. The first-order valence-electron chi connectivity index (χ1n) is 22.4. The van der Waals surface area contributed by atoms with Gasteiger partial charge >= 0.3 is 5.69 Å². The highest BCUT2D eigenvalue weighted by Gasteiger charge is 2.51. The van der Waals surface area contributed by atoms with Crippen LogP contribution in [0.15, 0.2) is 28.9 Å². The van der Waals surface area contributed by atoms with Gasteiger partial charge in [0.05, 0.1) is 42.6 Å². The van der Waals surface area contributed by atoms with Crippen molar-refractivity contribution in [3.8, 4) is 0 Å². The van der Waals surface area contributed by atoms with Gasteiger partial charge in [-0.25, -0.2) is 4.63 Å². The van der Waals surface area contributed by atoms with E-state index in [4.69, 9.17) is 23.6 Å². The van der Waals surface area contributed by atoms with Crippen LogP contribution in [0.1, 0.15) is 110 Å². The van der Waals surface area contributed by atoms with E-state index in [2.05, 4.69) is 27.9 Å². The largest absolute Gasteiger partial charge is 0.394 e. The van der Waals surface area contributed by atoms with E-state index in [0.29, 0.717) is 37.9 Å². The first-order valence-corrected chi connectivity index (χ1v) is 22.4. The molecule has 1 aromatic heterocycles. The summed E-state index contributed by atoms with van der Waals surface area (Å²) in [7, 11) is 0. The number of unbranched alkanes of at least 4 members (excludes halogenated alkanes) is 13. The van der Waals surface area contributed by atoms with Crippen LogP contribution in [0.4, 0.5) is 11.4 Å². The molecular formula is C42H69N5O16. The number of nitrogens with one attached hydrogen (secondary N) is 2. The van der Waals surface area contributed by atoms with Crippen LogP contribution in [0.2, 0.25) is 0 Å². The van der Waals surface area contributed by atoms with E-state index < -0.39 is 91.7 Å². The van der Waals surface area contributed by atoms with E-state index in [-0.39, 0.29) is 35.7 Å². The highest BCUT2D eigenvalue weighted by Crippen LogP contribution is 2.31. The molecule has 2 aliphatic rings. The van der Waals surface area contributed by atoms with E-state index >= 15 is 0 Å². The van der Waals surface area contributed by atoms with E-state index in [1.165, 1.54) is 63.5 Å². The summed E-state index contributed by atoms with van der Waals surface area (Å²) in [5.74, 6) is -0.383. The Morgan fingerprint density at radius 3 is 2.10 bits per heavy atom. The third-order valence-corrected chi connectivity index (χ3v) is 11.5. The molecule has 21 heteroatoms. The van der Waals surface area contributed by atoms with Gasteiger partial charge in [-0.05, 0) is 42.1 Å². The number of carbonyl (C=O) groups excluding carboxylic acids is 1. The fourth-order valence-electron chi connectivity index (χ4n) is 7.65. The molecule has 0 saturated carbocycles. The van der Waals surface area contributed by atoms with Crippen LogP contribution < -0.4 is 10.6 Å². The summed E-state index contributed by atoms with van der Waals surface area (Å²) >= 11 is 0. The van der Waals surface area contributed by atoms with Crippen LogP contribution in [0.3, 0.4) is 0 Å². The molecule has 12 atom stereocenters. The van der Waals surface area contributed by atoms with Gasteiger partial charge in [-0.15, -0.1) is 0 Å². The number of carbonyl (C=O) groups is 1. The summed E-state index contributed by atoms with van der Waals surface area (Å²) in [6.45, 7) is 0.808. The average Bonchev–Trinajstić information content (AvgIpc) is 3.77. The van der Waals surface area contributed by atoms with Crippen molar-refractivity contribution in [2.24, 2.45) is 0 Å². The number of nitro groups is 1.